The van der Waals surface area contributed by atoms with Crippen molar-refractivity contribution < 1.29 is 14.3 Å². The molecule has 6 heteroatoms. The van der Waals surface area contributed by atoms with Crippen molar-refractivity contribution in [2.24, 2.45) is 0 Å². The molecule has 0 fully saturated rings. The Hall–Kier alpha value is -4.06. The van der Waals surface area contributed by atoms with Gasteiger partial charge in [0.05, 0.1) is 5.69 Å². The van der Waals surface area contributed by atoms with Gasteiger partial charge in [-0.2, -0.15) is 5.10 Å². The minimum atomic E-state index is -0.180. The van der Waals surface area contributed by atoms with Gasteiger partial charge in [-0.25, -0.2) is 4.68 Å². The highest BCUT2D eigenvalue weighted by Gasteiger charge is 2.04. The molecule has 0 radical (unpaired) electrons. The smallest absolute Gasteiger partial charge is 0.258 e. The maximum atomic E-state index is 12.1. The van der Waals surface area contributed by atoms with E-state index in [-0.39, 0.29) is 12.5 Å². The Morgan fingerprint density at radius 1 is 0.806 bits per heavy atom. The molecule has 0 aliphatic heterocycles. The molecule has 1 heterocycles. The van der Waals surface area contributed by atoms with Crippen LogP contribution in [-0.2, 0) is 17.9 Å². The van der Waals surface area contributed by atoms with Gasteiger partial charge >= 0.3 is 0 Å². The maximum Gasteiger partial charge on any atom is 0.258 e. The molecule has 0 atom stereocenters. The Labute approximate surface area is 181 Å². The Kier molecular flexibility index (Phi) is 6.60. The predicted molar refractivity (Wildman–Crippen MR) is 118 cm³/mol. The molecule has 6 nitrogen and oxygen atoms in total. The second kappa shape index (κ2) is 10.1. The predicted octanol–water partition coefficient (Wildman–Crippen LogP) is 4.15. The van der Waals surface area contributed by atoms with Crippen LogP contribution in [0.5, 0.6) is 11.5 Å². The van der Waals surface area contributed by atoms with Gasteiger partial charge in [-0.15, -0.1) is 0 Å². The van der Waals surface area contributed by atoms with Gasteiger partial charge in [-0.3, -0.25) is 4.79 Å². The molecule has 4 rings (SSSR count). The average molecular weight is 413 g/mol. The normalized spacial score (nSPS) is 10.5. The number of aromatic nitrogens is 2. The number of ether oxygens (including phenoxy) is 2. The standard InChI is InChI=1S/C25H23N3O3/c29-25(26-17-20-7-9-22(10-8-20)28-16-4-15-27-28)19-31-24-13-11-23(12-14-24)30-18-21-5-2-1-3-6-21/h1-16H,17-19H2,(H,26,29). The van der Waals surface area contributed by atoms with Gasteiger partial charge in [-0.1, -0.05) is 42.5 Å². The first-order chi connectivity index (χ1) is 15.3. The third-order valence-corrected chi connectivity index (χ3v) is 4.64. The van der Waals surface area contributed by atoms with Crippen molar-refractivity contribution in [1.29, 1.82) is 0 Å². The van der Waals surface area contributed by atoms with E-state index in [0.29, 0.717) is 18.9 Å². The fourth-order valence-electron chi connectivity index (χ4n) is 2.96. The van der Waals surface area contributed by atoms with E-state index in [1.54, 1.807) is 23.0 Å². The summed E-state index contributed by atoms with van der Waals surface area (Å²) < 4.78 is 13.1. The van der Waals surface area contributed by atoms with E-state index in [1.165, 1.54) is 0 Å². The number of nitrogens with zero attached hydrogens (tertiary/aromatic N) is 2. The van der Waals surface area contributed by atoms with Crippen molar-refractivity contribution in [2.45, 2.75) is 13.2 Å². The molecule has 1 N–H and O–H groups in total. The van der Waals surface area contributed by atoms with Crippen molar-refractivity contribution in [1.82, 2.24) is 15.1 Å². The SMILES string of the molecule is O=C(COc1ccc(OCc2ccccc2)cc1)NCc1ccc(-n2cccn2)cc1. The highest BCUT2D eigenvalue weighted by atomic mass is 16.5. The highest BCUT2D eigenvalue weighted by molar-refractivity contribution is 5.77. The van der Waals surface area contributed by atoms with Gasteiger partial charge < -0.3 is 14.8 Å². The lowest BCUT2D eigenvalue weighted by molar-refractivity contribution is -0.123. The van der Waals surface area contributed by atoms with E-state index in [9.17, 15) is 4.79 Å². The van der Waals surface area contributed by atoms with Crippen LogP contribution in [0.15, 0.2) is 97.3 Å². The third-order valence-electron chi connectivity index (χ3n) is 4.64. The first-order valence-electron chi connectivity index (χ1n) is 10.0. The zero-order valence-corrected chi connectivity index (χ0v) is 17.0. The number of hydrogen-bond donors (Lipinski definition) is 1. The lowest BCUT2D eigenvalue weighted by atomic mass is 10.2. The van der Waals surface area contributed by atoms with Crippen LogP contribution < -0.4 is 14.8 Å². The third kappa shape index (κ3) is 5.96. The van der Waals surface area contributed by atoms with E-state index in [0.717, 1.165) is 22.6 Å². The zero-order chi connectivity index (χ0) is 21.3. The van der Waals surface area contributed by atoms with Crippen LogP contribution in [-0.4, -0.2) is 22.3 Å². The van der Waals surface area contributed by atoms with E-state index in [2.05, 4.69) is 10.4 Å². The number of benzene rings is 3. The van der Waals surface area contributed by atoms with Crippen LogP contribution in [0.25, 0.3) is 5.69 Å². The molecule has 3 aromatic carbocycles. The summed E-state index contributed by atoms with van der Waals surface area (Å²) in [6.45, 7) is 0.899. The molecular weight excluding hydrogens is 390 g/mol. The quantitative estimate of drug-likeness (QED) is 0.448. The Bertz CT molecular complexity index is 1080. The number of nitrogens with one attached hydrogen (secondary N) is 1. The van der Waals surface area contributed by atoms with Crippen LogP contribution in [0.1, 0.15) is 11.1 Å². The molecule has 0 spiro atoms. The monoisotopic (exact) mass is 413 g/mol. The lowest BCUT2D eigenvalue weighted by Crippen LogP contribution is -2.28. The van der Waals surface area contributed by atoms with Crippen molar-refractivity contribution >= 4 is 5.91 Å². The molecule has 31 heavy (non-hydrogen) atoms. The number of carbonyl (C=O) groups excluding carboxylic acids is 1. The van der Waals surface area contributed by atoms with Crippen molar-refractivity contribution in [2.75, 3.05) is 6.61 Å². The largest absolute Gasteiger partial charge is 0.489 e. The fourth-order valence-corrected chi connectivity index (χ4v) is 2.96. The zero-order valence-electron chi connectivity index (χ0n) is 17.0. The molecule has 0 unspecified atom stereocenters. The summed E-state index contributed by atoms with van der Waals surface area (Å²) in [5, 5.41) is 7.06. The van der Waals surface area contributed by atoms with Gasteiger partial charge in [-0.05, 0) is 53.6 Å². The van der Waals surface area contributed by atoms with Crippen molar-refractivity contribution in [3.05, 3.63) is 108 Å². The topological polar surface area (TPSA) is 65.4 Å². The molecule has 1 amide bonds. The van der Waals surface area contributed by atoms with E-state index in [4.69, 9.17) is 9.47 Å². The first kappa shape index (κ1) is 20.2. The van der Waals surface area contributed by atoms with Gasteiger partial charge in [0.2, 0.25) is 0 Å². The van der Waals surface area contributed by atoms with Gasteiger partial charge in [0, 0.05) is 18.9 Å². The molecule has 0 saturated heterocycles. The molecule has 4 aromatic rings. The Morgan fingerprint density at radius 2 is 1.52 bits per heavy atom. The molecule has 1 aromatic heterocycles. The number of carbonyl (C=O) groups is 1. The second-order valence-electron chi connectivity index (χ2n) is 6.93. The van der Waals surface area contributed by atoms with E-state index >= 15 is 0 Å². The number of amides is 1. The van der Waals surface area contributed by atoms with E-state index in [1.807, 2.05) is 79.0 Å². The summed E-state index contributed by atoms with van der Waals surface area (Å²) in [5.41, 5.74) is 3.08. The molecule has 0 saturated carbocycles. The summed E-state index contributed by atoms with van der Waals surface area (Å²) >= 11 is 0. The van der Waals surface area contributed by atoms with Gasteiger partial charge in [0.1, 0.15) is 18.1 Å². The first-order valence-corrected chi connectivity index (χ1v) is 10.0. The number of hydrogen-bond acceptors (Lipinski definition) is 4. The van der Waals surface area contributed by atoms with Gasteiger partial charge in [0.15, 0.2) is 6.61 Å². The summed E-state index contributed by atoms with van der Waals surface area (Å²) in [4.78, 5) is 12.1. The lowest BCUT2D eigenvalue weighted by Gasteiger charge is -2.10. The van der Waals surface area contributed by atoms with E-state index < -0.39 is 0 Å². The number of rotatable bonds is 9. The molecule has 0 aliphatic carbocycles. The van der Waals surface area contributed by atoms with Crippen LogP contribution in [0.2, 0.25) is 0 Å². The second-order valence-corrected chi connectivity index (χ2v) is 6.93. The fraction of sp³-hybridized carbons (Fsp3) is 0.120. The Morgan fingerprint density at radius 3 is 2.19 bits per heavy atom. The van der Waals surface area contributed by atoms with Crippen molar-refractivity contribution in [3.8, 4) is 17.2 Å². The van der Waals surface area contributed by atoms with Crippen LogP contribution >= 0.6 is 0 Å². The Balaban J connectivity index is 1.19. The summed E-state index contributed by atoms with van der Waals surface area (Å²) in [6.07, 6.45) is 3.62. The van der Waals surface area contributed by atoms with Gasteiger partial charge in [0.25, 0.3) is 5.91 Å². The summed E-state index contributed by atoms with van der Waals surface area (Å²) in [5.74, 6) is 1.19. The highest BCUT2D eigenvalue weighted by Crippen LogP contribution is 2.18. The van der Waals surface area contributed by atoms with Crippen LogP contribution in [0, 0.1) is 0 Å². The van der Waals surface area contributed by atoms with Crippen LogP contribution in [0.4, 0.5) is 0 Å². The van der Waals surface area contributed by atoms with Crippen LogP contribution in [0.3, 0.4) is 0 Å². The average Bonchev–Trinajstić information content (AvgIpc) is 3.37. The maximum absolute atomic E-state index is 12.1. The van der Waals surface area contributed by atoms with Crippen molar-refractivity contribution in [3.63, 3.8) is 0 Å². The molecular formula is C25H23N3O3. The minimum Gasteiger partial charge on any atom is -0.489 e. The minimum absolute atomic E-state index is 0.0460. The molecule has 0 aliphatic rings. The molecule has 0 bridgehead atoms. The summed E-state index contributed by atoms with van der Waals surface area (Å²) in [7, 11) is 0. The summed E-state index contributed by atoms with van der Waals surface area (Å²) in [6, 6.07) is 27.0. The molecule has 156 valence electrons.